The fourth-order valence-electron chi connectivity index (χ4n) is 1.61. The molecule has 0 heterocycles. The van der Waals surface area contributed by atoms with E-state index in [2.05, 4.69) is 0 Å². The Labute approximate surface area is 74.2 Å². The lowest BCUT2D eigenvalue weighted by molar-refractivity contribution is 0.320. The molecule has 1 rings (SSSR count). The Morgan fingerprint density at radius 3 is 2.33 bits per heavy atom. The van der Waals surface area contributed by atoms with Crippen LogP contribution in [-0.2, 0) is 14.3 Å². The largest absolute Gasteiger partial charge is 0.270 e. The van der Waals surface area contributed by atoms with Gasteiger partial charge in [0.25, 0.3) is 10.1 Å². The van der Waals surface area contributed by atoms with Crippen molar-refractivity contribution in [2.24, 2.45) is 0 Å². The van der Waals surface area contributed by atoms with Crippen LogP contribution < -0.4 is 0 Å². The Morgan fingerprint density at radius 1 is 1.25 bits per heavy atom. The highest BCUT2D eigenvalue weighted by molar-refractivity contribution is 7.87. The van der Waals surface area contributed by atoms with E-state index < -0.39 is 10.1 Å². The first-order valence-corrected chi connectivity index (χ1v) is 6.02. The van der Waals surface area contributed by atoms with Crippen LogP contribution in [0.3, 0.4) is 0 Å². The summed E-state index contributed by atoms with van der Waals surface area (Å²) in [6, 6.07) is 0. The van der Waals surface area contributed by atoms with E-state index in [-0.39, 0.29) is 11.9 Å². The van der Waals surface area contributed by atoms with Gasteiger partial charge in [-0.15, -0.1) is 0 Å². The lowest BCUT2D eigenvalue weighted by atomic mass is 10.0. The summed E-state index contributed by atoms with van der Waals surface area (Å²) in [6.45, 7) is 1.97. The molecule has 0 N–H and O–H groups in total. The summed E-state index contributed by atoms with van der Waals surface area (Å²) >= 11 is 0. The van der Waals surface area contributed by atoms with Crippen molar-refractivity contribution in [3.8, 4) is 0 Å². The molecule has 0 unspecified atom stereocenters. The number of rotatable bonds is 3. The summed E-state index contributed by atoms with van der Waals surface area (Å²) in [5, 5.41) is -0.230. The normalized spacial score (nSPS) is 21.1. The molecule has 3 nitrogen and oxygen atoms in total. The molecule has 1 aliphatic carbocycles. The quantitative estimate of drug-likeness (QED) is 0.639. The highest BCUT2D eigenvalue weighted by atomic mass is 32.2. The second-order valence-corrected chi connectivity index (χ2v) is 5.05. The highest BCUT2D eigenvalue weighted by Gasteiger charge is 2.27. The minimum atomic E-state index is -3.23. The predicted molar refractivity (Wildman–Crippen MR) is 47.4 cm³/mol. The van der Waals surface area contributed by atoms with Crippen molar-refractivity contribution >= 4 is 10.1 Å². The molecule has 0 aromatic heterocycles. The standard InChI is InChI=1S/C8H16O3S/c1-2-11-12(9,10)8-6-4-3-5-7-8/h8H,2-7H2,1H3. The number of hydrogen-bond donors (Lipinski definition) is 0. The average molecular weight is 192 g/mol. The van der Waals surface area contributed by atoms with Crippen molar-refractivity contribution < 1.29 is 12.6 Å². The van der Waals surface area contributed by atoms with Crippen LogP contribution in [0.2, 0.25) is 0 Å². The molecule has 0 aromatic rings. The monoisotopic (exact) mass is 192 g/mol. The van der Waals surface area contributed by atoms with Gasteiger partial charge in [-0.2, -0.15) is 8.42 Å². The van der Waals surface area contributed by atoms with Gasteiger partial charge in [-0.25, -0.2) is 0 Å². The second-order valence-electron chi connectivity index (χ2n) is 3.16. The summed E-state index contributed by atoms with van der Waals surface area (Å²) in [5.74, 6) is 0. The SMILES string of the molecule is CCOS(=O)(=O)C1CCCCC1. The van der Waals surface area contributed by atoms with Crippen LogP contribution in [0.5, 0.6) is 0 Å². The first-order valence-electron chi connectivity index (χ1n) is 4.55. The topological polar surface area (TPSA) is 43.4 Å². The van der Waals surface area contributed by atoms with Crippen molar-refractivity contribution in [2.75, 3.05) is 6.61 Å². The fourth-order valence-corrected chi connectivity index (χ4v) is 3.05. The molecule has 4 heteroatoms. The third-order valence-corrected chi connectivity index (χ3v) is 4.09. The molecule has 1 fully saturated rings. The van der Waals surface area contributed by atoms with E-state index in [9.17, 15) is 8.42 Å². The average Bonchev–Trinajstić information content (AvgIpc) is 2.06. The van der Waals surface area contributed by atoms with E-state index in [1.165, 1.54) is 0 Å². The van der Waals surface area contributed by atoms with Gasteiger partial charge in [0.15, 0.2) is 0 Å². The van der Waals surface area contributed by atoms with Crippen LogP contribution >= 0.6 is 0 Å². The van der Waals surface area contributed by atoms with E-state index in [1.807, 2.05) is 0 Å². The maximum Gasteiger partial charge on any atom is 0.270 e. The molecule has 0 amide bonds. The zero-order valence-electron chi connectivity index (χ0n) is 7.45. The molecule has 0 saturated heterocycles. The molecule has 1 saturated carbocycles. The smallest absolute Gasteiger partial charge is 0.270 e. The lowest BCUT2D eigenvalue weighted by Crippen LogP contribution is -2.25. The van der Waals surface area contributed by atoms with Gasteiger partial charge < -0.3 is 0 Å². The van der Waals surface area contributed by atoms with Crippen LogP contribution in [0.25, 0.3) is 0 Å². The minimum absolute atomic E-state index is 0.230. The highest BCUT2D eigenvalue weighted by Crippen LogP contribution is 2.24. The van der Waals surface area contributed by atoms with Gasteiger partial charge in [-0.3, -0.25) is 4.18 Å². The molecule has 12 heavy (non-hydrogen) atoms. The molecule has 0 spiro atoms. The third-order valence-electron chi connectivity index (χ3n) is 2.24. The molecule has 0 radical (unpaired) electrons. The van der Waals surface area contributed by atoms with E-state index in [4.69, 9.17) is 4.18 Å². The summed E-state index contributed by atoms with van der Waals surface area (Å²) < 4.78 is 27.5. The summed E-state index contributed by atoms with van der Waals surface area (Å²) in [7, 11) is -3.23. The second kappa shape index (κ2) is 4.23. The van der Waals surface area contributed by atoms with Crippen molar-refractivity contribution in [3.63, 3.8) is 0 Å². The molecular weight excluding hydrogens is 176 g/mol. The Kier molecular flexibility index (Phi) is 3.53. The minimum Gasteiger partial charge on any atom is -0.270 e. The Morgan fingerprint density at radius 2 is 1.83 bits per heavy atom. The molecule has 0 bridgehead atoms. The fraction of sp³-hybridized carbons (Fsp3) is 1.00. The first-order chi connectivity index (χ1) is 5.67. The van der Waals surface area contributed by atoms with Crippen molar-refractivity contribution in [2.45, 2.75) is 44.3 Å². The van der Waals surface area contributed by atoms with Crippen LogP contribution in [0.15, 0.2) is 0 Å². The summed E-state index contributed by atoms with van der Waals surface area (Å²) in [5.41, 5.74) is 0. The van der Waals surface area contributed by atoms with Crippen molar-refractivity contribution in [1.82, 2.24) is 0 Å². The Bertz CT molecular complexity index is 214. The summed E-state index contributed by atoms with van der Waals surface area (Å²) in [6.07, 6.45) is 4.77. The van der Waals surface area contributed by atoms with Crippen LogP contribution in [0.1, 0.15) is 39.0 Å². The maximum absolute atomic E-state index is 11.4. The van der Waals surface area contributed by atoms with Gasteiger partial charge in [0, 0.05) is 0 Å². The Hall–Kier alpha value is -0.0900. The van der Waals surface area contributed by atoms with Crippen molar-refractivity contribution in [1.29, 1.82) is 0 Å². The molecule has 0 aromatic carbocycles. The van der Waals surface area contributed by atoms with Gasteiger partial charge in [0.05, 0.1) is 11.9 Å². The van der Waals surface area contributed by atoms with Gasteiger partial charge in [0.2, 0.25) is 0 Å². The molecule has 0 aliphatic heterocycles. The third kappa shape index (κ3) is 2.45. The molecular formula is C8H16O3S. The van der Waals surface area contributed by atoms with Gasteiger partial charge >= 0.3 is 0 Å². The molecule has 0 atom stereocenters. The van der Waals surface area contributed by atoms with Gasteiger partial charge in [-0.05, 0) is 19.8 Å². The summed E-state index contributed by atoms with van der Waals surface area (Å²) in [4.78, 5) is 0. The van der Waals surface area contributed by atoms with Crippen LogP contribution in [-0.4, -0.2) is 20.3 Å². The van der Waals surface area contributed by atoms with E-state index >= 15 is 0 Å². The Balaban J connectivity index is 2.54. The zero-order valence-corrected chi connectivity index (χ0v) is 8.27. The lowest BCUT2D eigenvalue weighted by Gasteiger charge is -2.20. The van der Waals surface area contributed by atoms with Gasteiger partial charge in [-0.1, -0.05) is 19.3 Å². The zero-order chi connectivity index (χ0) is 9.03. The van der Waals surface area contributed by atoms with Crippen molar-refractivity contribution in [3.05, 3.63) is 0 Å². The maximum atomic E-state index is 11.4. The van der Waals surface area contributed by atoms with Crippen LogP contribution in [0, 0.1) is 0 Å². The van der Waals surface area contributed by atoms with E-state index in [0.717, 1.165) is 32.1 Å². The van der Waals surface area contributed by atoms with E-state index in [1.54, 1.807) is 6.92 Å². The first kappa shape index (κ1) is 9.99. The predicted octanol–water partition coefficient (Wildman–Crippen LogP) is 1.69. The molecule has 1 aliphatic rings. The van der Waals surface area contributed by atoms with E-state index in [0.29, 0.717) is 0 Å². The molecule has 72 valence electrons. The van der Waals surface area contributed by atoms with Gasteiger partial charge in [0.1, 0.15) is 0 Å². The number of hydrogen-bond acceptors (Lipinski definition) is 3. The van der Waals surface area contributed by atoms with Crippen LogP contribution in [0.4, 0.5) is 0 Å².